The van der Waals surface area contributed by atoms with Gasteiger partial charge >= 0.3 is 5.97 Å². The number of esters is 1. The molecule has 1 unspecified atom stereocenters. The van der Waals surface area contributed by atoms with Gasteiger partial charge in [-0.15, -0.1) is 0 Å². The molecule has 0 fully saturated rings. The Labute approximate surface area is 199 Å². The average Bonchev–Trinajstić information content (AvgIpc) is 3.07. The molecule has 3 aromatic rings. The Hall–Kier alpha value is -3.08. The second-order valence-electron chi connectivity index (χ2n) is 7.99. The molecule has 0 saturated carbocycles. The van der Waals surface area contributed by atoms with E-state index >= 15 is 0 Å². The number of ether oxygens (including phenoxy) is 2. The molecule has 3 rings (SSSR count). The Morgan fingerprint density at radius 2 is 2.00 bits per heavy atom. The van der Waals surface area contributed by atoms with Crippen molar-refractivity contribution < 1.29 is 27.8 Å². The zero-order valence-corrected chi connectivity index (χ0v) is 20.4. The normalized spacial score (nSPS) is 12.5. The molecule has 2 aromatic carbocycles. The number of fused-ring (bicyclic) bond motifs is 1. The molecule has 0 saturated heterocycles. The molecule has 4 N–H and O–H groups in total. The average molecular weight is 490 g/mol. The molecule has 0 aliphatic heterocycles. The standard InChI is InChI=1S/C24H31N3O6S/c1-4-32-24(29)14-21-16(2)20-9-8-19(13-22(20)26-21)33-11-10-25-15-23(28)17-6-5-7-18(12-17)27-34(3,30)31/h5-9,12-13,23,25-28H,4,10-11,14-15H2,1-3H3. The number of benzene rings is 2. The quantitative estimate of drug-likeness (QED) is 0.227. The number of aliphatic hydroxyl groups is 1. The van der Waals surface area contributed by atoms with Crippen molar-refractivity contribution in [2.75, 3.05) is 37.3 Å². The van der Waals surface area contributed by atoms with Crippen LogP contribution in [0.4, 0.5) is 5.69 Å². The third-order valence-corrected chi connectivity index (χ3v) is 5.83. The van der Waals surface area contributed by atoms with Gasteiger partial charge in [-0.2, -0.15) is 0 Å². The molecule has 10 heteroatoms. The molecule has 184 valence electrons. The molecule has 0 aliphatic carbocycles. The van der Waals surface area contributed by atoms with Crippen molar-refractivity contribution in [2.24, 2.45) is 0 Å². The highest BCUT2D eigenvalue weighted by Crippen LogP contribution is 2.26. The molecule has 0 spiro atoms. The Balaban J connectivity index is 1.48. The highest BCUT2D eigenvalue weighted by molar-refractivity contribution is 7.92. The predicted molar refractivity (Wildman–Crippen MR) is 132 cm³/mol. The van der Waals surface area contributed by atoms with E-state index in [2.05, 4.69) is 15.0 Å². The van der Waals surface area contributed by atoms with E-state index in [1.807, 2.05) is 25.1 Å². The van der Waals surface area contributed by atoms with Gasteiger partial charge in [-0.25, -0.2) is 8.42 Å². The molecule has 0 bridgehead atoms. The van der Waals surface area contributed by atoms with Crippen LogP contribution in [-0.2, 0) is 26.0 Å². The summed E-state index contributed by atoms with van der Waals surface area (Å²) in [5.41, 5.74) is 3.74. The van der Waals surface area contributed by atoms with Gasteiger partial charge in [0.1, 0.15) is 12.4 Å². The number of hydrogen-bond donors (Lipinski definition) is 4. The Morgan fingerprint density at radius 1 is 1.21 bits per heavy atom. The van der Waals surface area contributed by atoms with Crippen LogP contribution in [0.3, 0.4) is 0 Å². The maximum absolute atomic E-state index is 11.8. The van der Waals surface area contributed by atoms with Gasteiger partial charge in [-0.3, -0.25) is 9.52 Å². The van der Waals surface area contributed by atoms with Crippen LogP contribution >= 0.6 is 0 Å². The van der Waals surface area contributed by atoms with E-state index in [0.717, 1.165) is 28.4 Å². The minimum atomic E-state index is -3.38. The number of aromatic nitrogens is 1. The molecule has 9 nitrogen and oxygen atoms in total. The molecular weight excluding hydrogens is 458 g/mol. The van der Waals surface area contributed by atoms with Crippen LogP contribution in [0.25, 0.3) is 10.9 Å². The summed E-state index contributed by atoms with van der Waals surface area (Å²) < 4.78 is 36.0. The van der Waals surface area contributed by atoms with E-state index in [1.54, 1.807) is 31.2 Å². The Bertz CT molecular complexity index is 1240. The minimum absolute atomic E-state index is 0.198. The van der Waals surface area contributed by atoms with Crippen LogP contribution < -0.4 is 14.8 Å². The number of anilines is 1. The molecule has 0 radical (unpaired) electrons. The van der Waals surface area contributed by atoms with Crippen molar-refractivity contribution in [3.8, 4) is 5.75 Å². The highest BCUT2D eigenvalue weighted by atomic mass is 32.2. The van der Waals surface area contributed by atoms with Gasteiger partial charge in [-0.1, -0.05) is 12.1 Å². The second kappa shape index (κ2) is 11.4. The van der Waals surface area contributed by atoms with Gasteiger partial charge in [0, 0.05) is 41.4 Å². The number of rotatable bonds is 12. The molecule has 0 aliphatic rings. The number of aryl methyl sites for hydroxylation is 1. The number of nitrogens with one attached hydrogen (secondary N) is 3. The van der Waals surface area contributed by atoms with E-state index in [1.165, 1.54) is 0 Å². The van der Waals surface area contributed by atoms with Crippen LogP contribution in [0.15, 0.2) is 42.5 Å². The van der Waals surface area contributed by atoms with Crippen molar-refractivity contribution in [3.63, 3.8) is 0 Å². The van der Waals surface area contributed by atoms with Crippen LogP contribution in [0.5, 0.6) is 5.75 Å². The summed E-state index contributed by atoms with van der Waals surface area (Å²) in [5, 5.41) is 14.5. The van der Waals surface area contributed by atoms with Gasteiger partial charge in [0.15, 0.2) is 0 Å². The van der Waals surface area contributed by atoms with Crippen LogP contribution in [0, 0.1) is 6.92 Å². The summed E-state index contributed by atoms with van der Waals surface area (Å²) in [6.07, 6.45) is 0.483. The van der Waals surface area contributed by atoms with E-state index < -0.39 is 16.1 Å². The van der Waals surface area contributed by atoms with Crippen LogP contribution in [-0.4, -0.2) is 57.0 Å². The van der Waals surface area contributed by atoms with Gasteiger partial charge in [0.25, 0.3) is 0 Å². The van der Waals surface area contributed by atoms with Crippen LogP contribution in [0.2, 0.25) is 0 Å². The summed E-state index contributed by atoms with van der Waals surface area (Å²) in [6, 6.07) is 12.4. The highest BCUT2D eigenvalue weighted by Gasteiger charge is 2.13. The lowest BCUT2D eigenvalue weighted by atomic mass is 10.1. The smallest absolute Gasteiger partial charge is 0.311 e. The first kappa shape index (κ1) is 25.5. The zero-order chi connectivity index (χ0) is 24.7. The van der Waals surface area contributed by atoms with Crippen molar-refractivity contribution in [2.45, 2.75) is 26.4 Å². The SMILES string of the molecule is CCOC(=O)Cc1[nH]c2cc(OCCNCC(O)c3cccc(NS(C)(=O)=O)c3)ccc2c1C. The largest absolute Gasteiger partial charge is 0.492 e. The van der Waals surface area contributed by atoms with Gasteiger partial charge in [0.2, 0.25) is 10.0 Å². The van der Waals surface area contributed by atoms with Crippen molar-refractivity contribution >= 4 is 32.6 Å². The number of carbonyl (C=O) groups is 1. The number of sulfonamides is 1. The fraction of sp³-hybridized carbons (Fsp3) is 0.375. The summed E-state index contributed by atoms with van der Waals surface area (Å²) in [6.45, 7) is 5.30. The summed E-state index contributed by atoms with van der Waals surface area (Å²) in [7, 11) is -3.38. The third kappa shape index (κ3) is 7.21. The maximum atomic E-state index is 11.8. The molecular formula is C24H31N3O6S. The zero-order valence-electron chi connectivity index (χ0n) is 19.6. The van der Waals surface area contributed by atoms with Crippen molar-refractivity contribution in [1.29, 1.82) is 0 Å². The Morgan fingerprint density at radius 3 is 2.74 bits per heavy atom. The summed E-state index contributed by atoms with van der Waals surface area (Å²) in [5.74, 6) is 0.429. The maximum Gasteiger partial charge on any atom is 0.311 e. The molecule has 34 heavy (non-hydrogen) atoms. The lowest BCUT2D eigenvalue weighted by molar-refractivity contribution is -0.142. The number of aromatic amines is 1. The van der Waals surface area contributed by atoms with E-state index in [4.69, 9.17) is 9.47 Å². The molecule has 1 heterocycles. The van der Waals surface area contributed by atoms with E-state index in [0.29, 0.717) is 36.8 Å². The lowest BCUT2D eigenvalue weighted by Gasteiger charge is -2.14. The fourth-order valence-electron chi connectivity index (χ4n) is 3.62. The summed E-state index contributed by atoms with van der Waals surface area (Å²) in [4.78, 5) is 15.1. The second-order valence-corrected chi connectivity index (χ2v) is 9.73. The van der Waals surface area contributed by atoms with E-state index in [9.17, 15) is 18.3 Å². The number of carbonyl (C=O) groups excluding carboxylic acids is 1. The number of H-pyrrole nitrogens is 1. The minimum Gasteiger partial charge on any atom is -0.492 e. The lowest BCUT2D eigenvalue weighted by Crippen LogP contribution is -2.26. The molecule has 1 aromatic heterocycles. The first-order valence-corrected chi connectivity index (χ1v) is 12.9. The predicted octanol–water partition coefficient (Wildman–Crippen LogP) is 2.66. The first-order valence-electron chi connectivity index (χ1n) is 11.0. The number of hydrogen-bond acceptors (Lipinski definition) is 7. The van der Waals surface area contributed by atoms with Crippen molar-refractivity contribution in [3.05, 3.63) is 59.3 Å². The van der Waals surface area contributed by atoms with E-state index in [-0.39, 0.29) is 18.9 Å². The van der Waals surface area contributed by atoms with Gasteiger partial charge in [-0.05, 0) is 49.2 Å². The number of aliphatic hydroxyl groups excluding tert-OH is 1. The van der Waals surface area contributed by atoms with Gasteiger partial charge < -0.3 is 24.9 Å². The molecule has 1 atom stereocenters. The van der Waals surface area contributed by atoms with Crippen molar-refractivity contribution in [1.82, 2.24) is 10.3 Å². The first-order chi connectivity index (χ1) is 16.2. The van der Waals surface area contributed by atoms with Crippen LogP contribution in [0.1, 0.15) is 29.8 Å². The Kier molecular flexibility index (Phi) is 8.54. The van der Waals surface area contributed by atoms with Gasteiger partial charge in [0.05, 0.1) is 25.4 Å². The third-order valence-electron chi connectivity index (χ3n) is 5.22. The fourth-order valence-corrected chi connectivity index (χ4v) is 4.17. The topological polar surface area (TPSA) is 130 Å². The molecule has 0 amide bonds. The summed E-state index contributed by atoms with van der Waals surface area (Å²) >= 11 is 0. The monoisotopic (exact) mass is 489 g/mol.